The van der Waals surface area contributed by atoms with E-state index in [0.29, 0.717) is 17.0 Å². The Bertz CT molecular complexity index is 929. The molecule has 3 rings (SSSR count). The van der Waals surface area contributed by atoms with Crippen LogP contribution in [0.1, 0.15) is 28.8 Å². The lowest BCUT2D eigenvalue weighted by molar-refractivity contribution is -0.149. The summed E-state index contributed by atoms with van der Waals surface area (Å²) in [5.41, 5.74) is 0.929. The van der Waals surface area contributed by atoms with Crippen molar-refractivity contribution in [3.05, 3.63) is 64.7 Å². The summed E-state index contributed by atoms with van der Waals surface area (Å²) in [5.74, 6) is -1.81. The molecule has 2 N–H and O–H groups in total. The lowest BCUT2D eigenvalue weighted by atomic mass is 10.0. The summed E-state index contributed by atoms with van der Waals surface area (Å²) >= 11 is 6.00. The Labute approximate surface area is 166 Å². The van der Waals surface area contributed by atoms with Crippen molar-refractivity contribution < 1.29 is 23.9 Å². The van der Waals surface area contributed by atoms with E-state index in [9.17, 15) is 19.2 Å². The van der Waals surface area contributed by atoms with Crippen LogP contribution >= 0.6 is 11.6 Å². The number of rotatable bonds is 6. The molecule has 0 bridgehead atoms. The number of halogens is 1. The smallest absolute Gasteiger partial charge is 0.329 e. The van der Waals surface area contributed by atoms with Gasteiger partial charge in [-0.05, 0) is 24.6 Å². The Morgan fingerprint density at radius 3 is 2.57 bits per heavy atom. The molecule has 0 saturated carbocycles. The number of hydrogen-bond acceptors (Lipinski definition) is 5. The van der Waals surface area contributed by atoms with Crippen molar-refractivity contribution in [3.8, 4) is 0 Å². The quantitative estimate of drug-likeness (QED) is 0.572. The first-order chi connectivity index (χ1) is 13.4. The average Bonchev–Trinajstić information content (AvgIpc) is 3.14. The van der Waals surface area contributed by atoms with Gasteiger partial charge in [0.1, 0.15) is 6.04 Å². The average molecular weight is 401 g/mol. The minimum Gasteiger partial charge on any atom is -0.454 e. The molecule has 1 fully saturated rings. The lowest BCUT2D eigenvalue weighted by Crippen LogP contribution is -2.36. The third-order valence-electron chi connectivity index (χ3n) is 4.16. The first-order valence-electron chi connectivity index (χ1n) is 8.59. The molecule has 1 aliphatic heterocycles. The monoisotopic (exact) mass is 400 g/mol. The predicted octanol–water partition coefficient (Wildman–Crippen LogP) is 2.33. The molecule has 2 aromatic rings. The molecule has 0 spiro atoms. The molecule has 7 nitrogen and oxygen atoms in total. The summed E-state index contributed by atoms with van der Waals surface area (Å²) < 4.78 is 4.94. The number of ketones is 1. The molecule has 2 aromatic carbocycles. The van der Waals surface area contributed by atoms with Gasteiger partial charge in [-0.1, -0.05) is 41.9 Å². The van der Waals surface area contributed by atoms with E-state index in [0.717, 1.165) is 0 Å². The highest BCUT2D eigenvalue weighted by Crippen LogP contribution is 2.23. The van der Waals surface area contributed by atoms with E-state index < -0.39 is 24.5 Å². The zero-order valence-corrected chi connectivity index (χ0v) is 15.5. The van der Waals surface area contributed by atoms with Crippen LogP contribution in [0.5, 0.6) is 0 Å². The number of ether oxygens (including phenoxy) is 1. The first-order valence-corrected chi connectivity index (χ1v) is 8.97. The van der Waals surface area contributed by atoms with E-state index in [2.05, 4.69) is 10.6 Å². The van der Waals surface area contributed by atoms with Crippen LogP contribution in [0.4, 0.5) is 5.69 Å². The summed E-state index contributed by atoms with van der Waals surface area (Å²) in [7, 11) is 0. The molecular formula is C20H17ClN2O5. The third-order valence-corrected chi connectivity index (χ3v) is 4.40. The fraction of sp³-hybridized carbons (Fsp3) is 0.200. The molecule has 0 radical (unpaired) electrons. The van der Waals surface area contributed by atoms with Crippen molar-refractivity contribution in [3.63, 3.8) is 0 Å². The topological polar surface area (TPSA) is 102 Å². The second kappa shape index (κ2) is 8.67. The molecule has 0 aliphatic carbocycles. The van der Waals surface area contributed by atoms with E-state index in [-0.39, 0.29) is 29.4 Å². The highest BCUT2D eigenvalue weighted by molar-refractivity contribution is 6.31. The Morgan fingerprint density at radius 1 is 1.14 bits per heavy atom. The van der Waals surface area contributed by atoms with E-state index in [1.165, 1.54) is 12.1 Å². The zero-order valence-electron chi connectivity index (χ0n) is 14.7. The van der Waals surface area contributed by atoms with Crippen molar-refractivity contribution in [1.82, 2.24) is 5.32 Å². The van der Waals surface area contributed by atoms with Crippen LogP contribution in [0.25, 0.3) is 0 Å². The van der Waals surface area contributed by atoms with Crippen LogP contribution in [0.15, 0.2) is 48.5 Å². The van der Waals surface area contributed by atoms with Crippen LogP contribution in [-0.4, -0.2) is 36.2 Å². The van der Waals surface area contributed by atoms with Crippen molar-refractivity contribution in [1.29, 1.82) is 0 Å². The molecule has 2 amide bonds. The van der Waals surface area contributed by atoms with Gasteiger partial charge in [-0.2, -0.15) is 0 Å². The van der Waals surface area contributed by atoms with Gasteiger partial charge in [0, 0.05) is 22.6 Å². The van der Waals surface area contributed by atoms with Crippen molar-refractivity contribution in [2.24, 2.45) is 0 Å². The van der Waals surface area contributed by atoms with E-state index in [1.807, 2.05) is 0 Å². The van der Waals surface area contributed by atoms with Crippen LogP contribution < -0.4 is 10.6 Å². The maximum Gasteiger partial charge on any atom is 0.329 e. The summed E-state index contributed by atoms with van der Waals surface area (Å²) in [5, 5.41) is 5.38. The normalized spacial score (nSPS) is 15.6. The predicted molar refractivity (Wildman–Crippen MR) is 102 cm³/mol. The fourth-order valence-corrected chi connectivity index (χ4v) is 2.94. The molecule has 0 aromatic heterocycles. The second-order valence-electron chi connectivity index (χ2n) is 6.20. The van der Waals surface area contributed by atoms with Gasteiger partial charge in [-0.25, -0.2) is 4.79 Å². The number of amides is 2. The van der Waals surface area contributed by atoms with Crippen LogP contribution in [0.3, 0.4) is 0 Å². The van der Waals surface area contributed by atoms with E-state index in [4.69, 9.17) is 16.3 Å². The zero-order chi connectivity index (χ0) is 20.1. The Hall–Kier alpha value is -3.19. The number of benzene rings is 2. The van der Waals surface area contributed by atoms with Gasteiger partial charge < -0.3 is 15.4 Å². The van der Waals surface area contributed by atoms with Crippen LogP contribution in [0, 0.1) is 0 Å². The summed E-state index contributed by atoms with van der Waals surface area (Å²) in [6, 6.07) is 12.4. The highest BCUT2D eigenvalue weighted by atomic mass is 35.5. The molecule has 28 heavy (non-hydrogen) atoms. The van der Waals surface area contributed by atoms with Gasteiger partial charge in [0.2, 0.25) is 5.91 Å². The van der Waals surface area contributed by atoms with Crippen LogP contribution in [-0.2, 0) is 19.1 Å². The minimum absolute atomic E-state index is 0.224. The molecule has 1 saturated heterocycles. The second-order valence-corrected chi connectivity index (χ2v) is 6.64. The van der Waals surface area contributed by atoms with Gasteiger partial charge in [-0.15, -0.1) is 0 Å². The highest BCUT2D eigenvalue weighted by Gasteiger charge is 2.29. The van der Waals surface area contributed by atoms with Crippen molar-refractivity contribution in [2.45, 2.75) is 18.9 Å². The SMILES string of the molecule is O=C(COC(=O)[C@@H]1CCC(=O)N1)Nc1ccc(Cl)cc1C(=O)c1ccccc1. The van der Waals surface area contributed by atoms with E-state index >= 15 is 0 Å². The minimum atomic E-state index is -0.731. The third kappa shape index (κ3) is 4.75. The standard InChI is InChI=1S/C20H17ClN2O5/c21-13-6-7-15(14(10-13)19(26)12-4-2-1-3-5-12)22-18(25)11-28-20(27)16-8-9-17(24)23-16/h1-7,10,16H,8-9,11H2,(H,22,25)(H,23,24)/t16-/m0/s1. The molecule has 8 heteroatoms. The van der Waals surface area contributed by atoms with Crippen LogP contribution in [0.2, 0.25) is 5.02 Å². The van der Waals surface area contributed by atoms with Crippen molar-refractivity contribution in [2.75, 3.05) is 11.9 Å². The van der Waals surface area contributed by atoms with Gasteiger partial charge in [0.15, 0.2) is 12.4 Å². The Morgan fingerprint density at radius 2 is 1.89 bits per heavy atom. The molecule has 1 aliphatic rings. The Balaban J connectivity index is 1.66. The molecular weight excluding hydrogens is 384 g/mol. The molecule has 1 atom stereocenters. The van der Waals surface area contributed by atoms with Gasteiger partial charge in [-0.3, -0.25) is 14.4 Å². The number of esters is 1. The number of hydrogen-bond donors (Lipinski definition) is 2. The van der Waals surface area contributed by atoms with Gasteiger partial charge in [0.25, 0.3) is 5.91 Å². The first kappa shape index (κ1) is 19.6. The molecule has 0 unspecified atom stereocenters. The largest absolute Gasteiger partial charge is 0.454 e. The number of carbonyl (C=O) groups is 4. The maximum absolute atomic E-state index is 12.7. The fourth-order valence-electron chi connectivity index (χ4n) is 2.77. The maximum atomic E-state index is 12.7. The molecule has 144 valence electrons. The van der Waals surface area contributed by atoms with E-state index in [1.54, 1.807) is 36.4 Å². The molecule has 1 heterocycles. The summed E-state index contributed by atoms with van der Waals surface area (Å²) in [4.78, 5) is 47.9. The van der Waals surface area contributed by atoms with Gasteiger partial charge >= 0.3 is 5.97 Å². The summed E-state index contributed by atoms with van der Waals surface area (Å²) in [6.07, 6.45) is 0.591. The number of anilines is 1. The number of carbonyl (C=O) groups excluding carboxylic acids is 4. The van der Waals surface area contributed by atoms with Gasteiger partial charge in [0.05, 0.1) is 5.69 Å². The lowest BCUT2D eigenvalue weighted by Gasteiger charge is -2.13. The number of nitrogens with one attached hydrogen (secondary N) is 2. The Kier molecular flexibility index (Phi) is 6.06. The van der Waals surface area contributed by atoms with Crippen molar-refractivity contribution >= 4 is 40.9 Å². The summed E-state index contributed by atoms with van der Waals surface area (Å²) in [6.45, 7) is -0.535.